The average Bonchev–Trinajstić information content (AvgIpc) is 1.47. The van der Waals surface area contributed by atoms with Crippen molar-refractivity contribution in [3.05, 3.63) is 0 Å². The minimum absolute atomic E-state index is 0.0972. The Bertz CT molecular complexity index is 148. The smallest absolute Gasteiger partial charge is 0.0800 e. The lowest BCUT2D eigenvalue weighted by Crippen LogP contribution is -2.61. The maximum atomic E-state index is 5.85. The van der Waals surface area contributed by atoms with E-state index in [0.29, 0.717) is 0 Å². The zero-order valence-electron chi connectivity index (χ0n) is 9.32. The zero-order chi connectivity index (χ0) is 9.62. The Labute approximate surface area is 76.5 Å². The van der Waals surface area contributed by atoms with Crippen molar-refractivity contribution >= 4 is 0 Å². The van der Waals surface area contributed by atoms with Crippen LogP contribution in [0.25, 0.3) is 0 Å². The highest BCUT2D eigenvalue weighted by Crippen LogP contribution is 2.53. The van der Waals surface area contributed by atoms with Crippen LogP contribution in [0.3, 0.4) is 0 Å². The lowest BCUT2D eigenvalue weighted by molar-refractivity contribution is -0.258. The first-order valence-corrected chi connectivity index (χ1v) is 4.85. The maximum Gasteiger partial charge on any atom is 0.0800 e. The summed E-state index contributed by atoms with van der Waals surface area (Å²) >= 11 is 0. The number of rotatable bonds is 0. The van der Waals surface area contributed by atoms with Crippen LogP contribution in [-0.2, 0) is 4.74 Å². The summed E-state index contributed by atoms with van der Waals surface area (Å²) < 4.78 is 5.85. The minimum atomic E-state index is 0.0972. The van der Waals surface area contributed by atoms with E-state index in [-0.39, 0.29) is 16.4 Å². The van der Waals surface area contributed by atoms with Crippen LogP contribution < -0.4 is 0 Å². The van der Waals surface area contributed by atoms with Crippen LogP contribution in [0.15, 0.2) is 0 Å². The summed E-state index contributed by atoms with van der Waals surface area (Å²) in [6.07, 6.45) is 1.21. The van der Waals surface area contributed by atoms with Crippen LogP contribution in [-0.4, -0.2) is 12.2 Å². The number of hydrogen-bond acceptors (Lipinski definition) is 1. The van der Waals surface area contributed by atoms with E-state index in [1.165, 1.54) is 6.42 Å². The van der Waals surface area contributed by atoms with Crippen molar-refractivity contribution in [2.75, 3.05) is 6.61 Å². The van der Waals surface area contributed by atoms with Crippen LogP contribution in [0.5, 0.6) is 0 Å². The largest absolute Gasteiger partial charge is 0.374 e. The third-order valence-electron chi connectivity index (χ3n) is 3.23. The standard InChI is InChI=1S/C11H22O/c1-9(2,3)11(7-8-12-11)10(4,5)6/h7-8H2,1-6H3. The number of ether oxygens (including phenoxy) is 1. The van der Waals surface area contributed by atoms with Gasteiger partial charge in [-0.15, -0.1) is 0 Å². The van der Waals surface area contributed by atoms with E-state index < -0.39 is 0 Å². The van der Waals surface area contributed by atoms with Crippen molar-refractivity contribution in [3.63, 3.8) is 0 Å². The molecule has 1 nitrogen and oxygen atoms in total. The molecule has 0 aliphatic carbocycles. The second-order valence-electron chi connectivity index (χ2n) is 5.93. The van der Waals surface area contributed by atoms with Gasteiger partial charge in [-0.1, -0.05) is 41.5 Å². The fourth-order valence-electron chi connectivity index (χ4n) is 2.61. The van der Waals surface area contributed by atoms with Gasteiger partial charge in [0, 0.05) is 6.42 Å². The lowest BCUT2D eigenvalue weighted by Gasteiger charge is -2.58. The summed E-state index contributed by atoms with van der Waals surface area (Å²) in [5.74, 6) is 0. The Hall–Kier alpha value is -0.0400. The van der Waals surface area contributed by atoms with E-state index in [4.69, 9.17) is 4.74 Å². The molecule has 0 aromatic carbocycles. The first-order chi connectivity index (χ1) is 5.21. The van der Waals surface area contributed by atoms with Gasteiger partial charge in [-0.25, -0.2) is 0 Å². The molecule has 1 aliphatic rings. The molecule has 72 valence electrons. The van der Waals surface area contributed by atoms with E-state index in [1.807, 2.05) is 0 Å². The monoisotopic (exact) mass is 170 g/mol. The molecule has 12 heavy (non-hydrogen) atoms. The SMILES string of the molecule is CC(C)(C)C1(C(C)(C)C)CCO1. The Morgan fingerprint density at radius 3 is 1.25 bits per heavy atom. The maximum absolute atomic E-state index is 5.85. The van der Waals surface area contributed by atoms with Crippen LogP contribution in [0.2, 0.25) is 0 Å². The lowest BCUT2D eigenvalue weighted by atomic mass is 9.59. The van der Waals surface area contributed by atoms with Crippen LogP contribution in [0, 0.1) is 10.8 Å². The van der Waals surface area contributed by atoms with Gasteiger partial charge in [-0.05, 0) is 10.8 Å². The first-order valence-electron chi connectivity index (χ1n) is 4.85. The molecule has 0 radical (unpaired) electrons. The fourth-order valence-corrected chi connectivity index (χ4v) is 2.61. The summed E-state index contributed by atoms with van der Waals surface area (Å²) in [6, 6.07) is 0. The highest BCUT2D eigenvalue weighted by atomic mass is 16.5. The second-order valence-corrected chi connectivity index (χ2v) is 5.93. The highest BCUT2D eigenvalue weighted by Gasteiger charge is 2.55. The van der Waals surface area contributed by atoms with Crippen LogP contribution in [0.1, 0.15) is 48.0 Å². The summed E-state index contributed by atoms with van der Waals surface area (Å²) in [5.41, 5.74) is 0.604. The molecule has 0 atom stereocenters. The predicted octanol–water partition coefficient (Wildman–Crippen LogP) is 3.24. The third-order valence-corrected chi connectivity index (χ3v) is 3.23. The van der Waals surface area contributed by atoms with E-state index in [0.717, 1.165) is 6.61 Å². The van der Waals surface area contributed by atoms with Gasteiger partial charge in [0.2, 0.25) is 0 Å². The molecule has 0 unspecified atom stereocenters. The van der Waals surface area contributed by atoms with E-state index in [1.54, 1.807) is 0 Å². The van der Waals surface area contributed by atoms with E-state index >= 15 is 0 Å². The Kier molecular flexibility index (Phi) is 2.07. The fraction of sp³-hybridized carbons (Fsp3) is 1.00. The average molecular weight is 170 g/mol. The molecule has 1 heteroatoms. The quantitative estimate of drug-likeness (QED) is 0.542. The van der Waals surface area contributed by atoms with Crippen molar-refractivity contribution in [3.8, 4) is 0 Å². The minimum Gasteiger partial charge on any atom is -0.374 e. The Morgan fingerprint density at radius 2 is 1.25 bits per heavy atom. The molecule has 0 aromatic rings. The van der Waals surface area contributed by atoms with E-state index in [9.17, 15) is 0 Å². The van der Waals surface area contributed by atoms with E-state index in [2.05, 4.69) is 41.5 Å². The molecule has 1 saturated heterocycles. The molecule has 0 spiro atoms. The van der Waals surface area contributed by atoms with Crippen LogP contribution in [0.4, 0.5) is 0 Å². The van der Waals surface area contributed by atoms with Gasteiger partial charge >= 0.3 is 0 Å². The number of hydrogen-bond donors (Lipinski definition) is 0. The Balaban J connectivity index is 2.92. The van der Waals surface area contributed by atoms with Crippen molar-refractivity contribution < 1.29 is 4.74 Å². The van der Waals surface area contributed by atoms with Gasteiger partial charge in [0.05, 0.1) is 12.2 Å². The van der Waals surface area contributed by atoms with Crippen molar-refractivity contribution in [1.29, 1.82) is 0 Å². The molecule has 0 N–H and O–H groups in total. The van der Waals surface area contributed by atoms with Crippen LogP contribution >= 0.6 is 0 Å². The summed E-state index contributed by atoms with van der Waals surface area (Å²) in [5, 5.41) is 0. The van der Waals surface area contributed by atoms with Crippen molar-refractivity contribution in [1.82, 2.24) is 0 Å². The van der Waals surface area contributed by atoms with Crippen molar-refractivity contribution in [2.24, 2.45) is 10.8 Å². The third kappa shape index (κ3) is 1.19. The summed E-state index contributed by atoms with van der Waals surface area (Å²) in [6.45, 7) is 14.6. The molecule has 0 amide bonds. The van der Waals surface area contributed by atoms with Gasteiger partial charge in [0.25, 0.3) is 0 Å². The summed E-state index contributed by atoms with van der Waals surface area (Å²) in [7, 11) is 0. The van der Waals surface area contributed by atoms with Gasteiger partial charge in [0.15, 0.2) is 0 Å². The molecular formula is C11H22O. The molecule has 1 aliphatic heterocycles. The molecule has 0 aromatic heterocycles. The molecule has 1 fully saturated rings. The molecule has 0 bridgehead atoms. The first kappa shape index (κ1) is 10.0. The molecule has 1 rings (SSSR count). The zero-order valence-corrected chi connectivity index (χ0v) is 9.32. The highest BCUT2D eigenvalue weighted by molar-refractivity contribution is 5.05. The van der Waals surface area contributed by atoms with Gasteiger partial charge in [-0.3, -0.25) is 0 Å². The summed E-state index contributed by atoms with van der Waals surface area (Å²) in [4.78, 5) is 0. The molecule has 1 heterocycles. The van der Waals surface area contributed by atoms with Crippen molar-refractivity contribution in [2.45, 2.75) is 53.6 Å². The normalized spacial score (nSPS) is 23.5. The van der Waals surface area contributed by atoms with Gasteiger partial charge in [0.1, 0.15) is 0 Å². The molecule has 0 saturated carbocycles. The van der Waals surface area contributed by atoms with Gasteiger partial charge < -0.3 is 4.74 Å². The second kappa shape index (κ2) is 2.47. The van der Waals surface area contributed by atoms with Gasteiger partial charge in [-0.2, -0.15) is 0 Å². The Morgan fingerprint density at radius 1 is 0.917 bits per heavy atom. The topological polar surface area (TPSA) is 9.23 Å². The molecular weight excluding hydrogens is 148 g/mol. The predicted molar refractivity (Wildman–Crippen MR) is 52.2 cm³/mol.